The van der Waals surface area contributed by atoms with Gasteiger partial charge in [-0.2, -0.15) is 0 Å². The molecule has 1 aliphatic rings. The van der Waals surface area contributed by atoms with Crippen LogP contribution in [0.3, 0.4) is 0 Å². The van der Waals surface area contributed by atoms with Crippen LogP contribution in [0.4, 0.5) is 15.3 Å². The van der Waals surface area contributed by atoms with E-state index in [1.807, 2.05) is 45.3 Å². The van der Waals surface area contributed by atoms with Gasteiger partial charge in [-0.15, -0.1) is 11.3 Å². The standard InChI is InChI=1S/C24H33N5O4S/c1-24(2,3)33-23(32)29-11-10-28(4)16-19(29)14-26-22(31)27-18-8-5-7-17(13-18)21(30)25-15-20-9-6-12-34-20/h5-9,12-13,19H,10-11,14-16H2,1-4H3,(H,25,30)(H2,26,27,31). The first-order valence-electron chi connectivity index (χ1n) is 11.2. The molecule has 1 aromatic carbocycles. The van der Waals surface area contributed by atoms with E-state index in [1.54, 1.807) is 40.5 Å². The Kier molecular flexibility index (Phi) is 8.51. The van der Waals surface area contributed by atoms with Gasteiger partial charge in [-0.3, -0.25) is 4.79 Å². The highest BCUT2D eigenvalue weighted by atomic mass is 32.1. The maximum atomic E-state index is 12.6. The number of benzene rings is 1. The fraction of sp³-hybridized carbons (Fsp3) is 0.458. The van der Waals surface area contributed by atoms with Gasteiger partial charge in [0.15, 0.2) is 0 Å². The van der Waals surface area contributed by atoms with Crippen molar-refractivity contribution in [3.05, 3.63) is 52.2 Å². The van der Waals surface area contributed by atoms with E-state index in [-0.39, 0.29) is 24.6 Å². The molecule has 1 saturated heterocycles. The number of urea groups is 1. The third kappa shape index (κ3) is 7.74. The number of nitrogens with zero attached hydrogens (tertiary/aromatic N) is 2. The second-order valence-electron chi connectivity index (χ2n) is 9.27. The van der Waals surface area contributed by atoms with Crippen LogP contribution in [0.2, 0.25) is 0 Å². The summed E-state index contributed by atoms with van der Waals surface area (Å²) in [5.41, 5.74) is 0.377. The Balaban J connectivity index is 1.53. The molecule has 0 bridgehead atoms. The zero-order valence-corrected chi connectivity index (χ0v) is 20.9. The van der Waals surface area contributed by atoms with Crippen molar-refractivity contribution in [2.24, 2.45) is 0 Å². The van der Waals surface area contributed by atoms with Crippen LogP contribution in [0, 0.1) is 0 Å². The van der Waals surface area contributed by atoms with Crippen molar-refractivity contribution in [1.29, 1.82) is 0 Å². The molecule has 1 aromatic heterocycles. The Hall–Kier alpha value is -3.11. The molecule has 0 saturated carbocycles. The molecule has 1 unspecified atom stereocenters. The molecule has 1 atom stereocenters. The minimum Gasteiger partial charge on any atom is -0.444 e. The number of carbonyl (C=O) groups excluding carboxylic acids is 3. The number of amides is 4. The fourth-order valence-corrected chi connectivity index (χ4v) is 4.20. The van der Waals surface area contributed by atoms with Gasteiger partial charge in [-0.1, -0.05) is 12.1 Å². The van der Waals surface area contributed by atoms with Gasteiger partial charge in [0.2, 0.25) is 0 Å². The number of piperazine rings is 1. The molecule has 4 amide bonds. The molecule has 3 N–H and O–H groups in total. The largest absolute Gasteiger partial charge is 0.444 e. The molecule has 3 rings (SSSR count). The lowest BCUT2D eigenvalue weighted by Crippen LogP contribution is -2.58. The van der Waals surface area contributed by atoms with E-state index in [1.165, 1.54) is 0 Å². The highest BCUT2D eigenvalue weighted by Gasteiger charge is 2.32. The van der Waals surface area contributed by atoms with E-state index in [9.17, 15) is 14.4 Å². The zero-order valence-electron chi connectivity index (χ0n) is 20.1. The fourth-order valence-electron chi connectivity index (χ4n) is 3.55. The summed E-state index contributed by atoms with van der Waals surface area (Å²) in [6.07, 6.45) is -0.380. The second kappa shape index (κ2) is 11.3. The second-order valence-corrected chi connectivity index (χ2v) is 10.3. The molecule has 184 valence electrons. The number of likely N-dealkylation sites (N-methyl/N-ethyl adjacent to an activating group) is 1. The molecule has 2 aromatic rings. The molecule has 0 spiro atoms. The molecule has 1 aliphatic heterocycles. The van der Waals surface area contributed by atoms with Crippen LogP contribution in [0.1, 0.15) is 36.0 Å². The van der Waals surface area contributed by atoms with Crippen molar-refractivity contribution in [2.45, 2.75) is 39.0 Å². The van der Waals surface area contributed by atoms with Crippen LogP contribution in [0.15, 0.2) is 41.8 Å². The van der Waals surface area contributed by atoms with Crippen molar-refractivity contribution in [3.63, 3.8) is 0 Å². The van der Waals surface area contributed by atoms with Crippen LogP contribution >= 0.6 is 11.3 Å². The van der Waals surface area contributed by atoms with E-state index >= 15 is 0 Å². The lowest BCUT2D eigenvalue weighted by atomic mass is 10.1. The number of thiophene rings is 1. The van der Waals surface area contributed by atoms with Gasteiger partial charge >= 0.3 is 12.1 Å². The summed E-state index contributed by atoms with van der Waals surface area (Å²) in [7, 11) is 1.98. The monoisotopic (exact) mass is 487 g/mol. The number of nitrogens with one attached hydrogen (secondary N) is 3. The van der Waals surface area contributed by atoms with Crippen LogP contribution < -0.4 is 16.0 Å². The number of ether oxygens (including phenoxy) is 1. The summed E-state index contributed by atoms with van der Waals surface area (Å²) in [5, 5.41) is 10.4. The van der Waals surface area contributed by atoms with Crippen LogP contribution in [0.25, 0.3) is 0 Å². The Bertz CT molecular complexity index is 989. The van der Waals surface area contributed by atoms with Gasteiger partial charge in [0.1, 0.15) is 5.60 Å². The maximum Gasteiger partial charge on any atom is 0.410 e. The molecule has 0 radical (unpaired) electrons. The number of hydrogen-bond donors (Lipinski definition) is 3. The molecule has 9 nitrogen and oxygen atoms in total. The van der Waals surface area contributed by atoms with Crippen molar-refractivity contribution in [1.82, 2.24) is 20.4 Å². The predicted molar refractivity (Wildman–Crippen MR) is 133 cm³/mol. The predicted octanol–water partition coefficient (Wildman–Crippen LogP) is 3.35. The molecular formula is C24H33N5O4S. The minimum absolute atomic E-state index is 0.212. The lowest BCUT2D eigenvalue weighted by molar-refractivity contribution is 0.00205. The summed E-state index contributed by atoms with van der Waals surface area (Å²) >= 11 is 1.58. The Morgan fingerprint density at radius 1 is 1.12 bits per heavy atom. The van der Waals surface area contributed by atoms with Gasteiger partial charge in [-0.05, 0) is 57.5 Å². The van der Waals surface area contributed by atoms with E-state index < -0.39 is 11.6 Å². The number of hydrogen-bond acceptors (Lipinski definition) is 6. The third-order valence-electron chi connectivity index (χ3n) is 5.20. The van der Waals surface area contributed by atoms with Crippen molar-refractivity contribution >= 4 is 35.1 Å². The first-order valence-corrected chi connectivity index (χ1v) is 12.1. The van der Waals surface area contributed by atoms with E-state index in [2.05, 4.69) is 20.9 Å². The molecule has 2 heterocycles. The van der Waals surface area contributed by atoms with Crippen molar-refractivity contribution in [2.75, 3.05) is 38.5 Å². The van der Waals surface area contributed by atoms with Crippen molar-refractivity contribution in [3.8, 4) is 0 Å². The van der Waals surface area contributed by atoms with Gasteiger partial charge in [0.05, 0.1) is 12.6 Å². The summed E-state index contributed by atoms with van der Waals surface area (Å²) in [4.78, 5) is 42.5. The molecule has 34 heavy (non-hydrogen) atoms. The topological polar surface area (TPSA) is 103 Å². The van der Waals surface area contributed by atoms with Gasteiger partial charge in [0, 0.05) is 42.3 Å². The first-order chi connectivity index (χ1) is 16.1. The van der Waals surface area contributed by atoms with E-state index in [4.69, 9.17) is 4.74 Å². The quantitative estimate of drug-likeness (QED) is 0.580. The molecule has 0 aliphatic carbocycles. The smallest absolute Gasteiger partial charge is 0.410 e. The highest BCUT2D eigenvalue weighted by molar-refractivity contribution is 7.09. The van der Waals surface area contributed by atoms with Gasteiger partial charge in [0.25, 0.3) is 5.91 Å². The molecule has 10 heteroatoms. The summed E-state index contributed by atoms with van der Waals surface area (Å²) < 4.78 is 5.53. The maximum absolute atomic E-state index is 12.6. The van der Waals surface area contributed by atoms with Crippen LogP contribution in [-0.2, 0) is 11.3 Å². The van der Waals surface area contributed by atoms with Crippen LogP contribution in [-0.4, -0.2) is 72.7 Å². The zero-order chi connectivity index (χ0) is 24.7. The molecular weight excluding hydrogens is 454 g/mol. The third-order valence-corrected chi connectivity index (χ3v) is 6.07. The Morgan fingerprint density at radius 2 is 1.91 bits per heavy atom. The summed E-state index contributed by atoms with van der Waals surface area (Å²) in [6, 6.07) is 10.0. The molecule has 1 fully saturated rings. The van der Waals surface area contributed by atoms with Gasteiger partial charge < -0.3 is 30.5 Å². The minimum atomic E-state index is -0.586. The normalized spacial score (nSPS) is 16.6. The van der Waals surface area contributed by atoms with Gasteiger partial charge in [-0.25, -0.2) is 9.59 Å². The average Bonchev–Trinajstić information content (AvgIpc) is 3.29. The number of anilines is 1. The number of carbonyl (C=O) groups is 3. The van der Waals surface area contributed by atoms with Crippen molar-refractivity contribution < 1.29 is 19.1 Å². The first kappa shape index (κ1) is 25.5. The Labute approximate surface area is 204 Å². The van der Waals surface area contributed by atoms with Crippen LogP contribution in [0.5, 0.6) is 0 Å². The van der Waals surface area contributed by atoms with E-state index in [0.717, 1.165) is 11.4 Å². The lowest BCUT2D eigenvalue weighted by Gasteiger charge is -2.40. The SMILES string of the molecule is CN1CCN(C(=O)OC(C)(C)C)C(CNC(=O)Nc2cccc(C(=O)NCc3cccs3)c2)C1. The summed E-state index contributed by atoms with van der Waals surface area (Å²) in [6.45, 7) is 8.12. The number of rotatable bonds is 6. The Morgan fingerprint density at radius 3 is 2.62 bits per heavy atom. The average molecular weight is 488 g/mol. The van der Waals surface area contributed by atoms with E-state index in [0.29, 0.717) is 30.9 Å². The highest BCUT2D eigenvalue weighted by Crippen LogP contribution is 2.16. The summed E-state index contributed by atoms with van der Waals surface area (Å²) in [5.74, 6) is -0.212.